The first kappa shape index (κ1) is 21.7. The van der Waals surface area contributed by atoms with E-state index >= 15 is 0 Å². The summed E-state index contributed by atoms with van der Waals surface area (Å²) in [5, 5.41) is 5.04. The molecule has 0 spiro atoms. The van der Waals surface area contributed by atoms with E-state index in [9.17, 15) is 0 Å². The van der Waals surface area contributed by atoms with Gasteiger partial charge in [-0.05, 0) is 25.8 Å². The van der Waals surface area contributed by atoms with Crippen molar-refractivity contribution in [1.82, 2.24) is 19.9 Å². The number of hydrogen-bond acceptors (Lipinski definition) is 9. The topological polar surface area (TPSA) is 81.6 Å². The first-order valence-corrected chi connectivity index (χ1v) is 11.5. The van der Waals surface area contributed by atoms with Crippen LogP contribution in [0.2, 0.25) is 0 Å². The van der Waals surface area contributed by atoms with E-state index in [4.69, 9.17) is 14.2 Å². The number of benzene rings is 1. The smallest absolute Gasteiger partial charge is 0.188 e. The van der Waals surface area contributed by atoms with Crippen LogP contribution in [0.1, 0.15) is 23.9 Å². The zero-order chi connectivity index (χ0) is 21.6. The summed E-state index contributed by atoms with van der Waals surface area (Å²) in [6.07, 6.45) is 3.47. The SMILES string of the molecule is CCc1sc(Nc2ncnc3cc(OCCCN4CCOCC4)c(OC)cc23)nc1C. The van der Waals surface area contributed by atoms with E-state index in [0.717, 1.165) is 67.4 Å². The number of methoxy groups -OCH3 is 1. The van der Waals surface area contributed by atoms with Crippen LogP contribution < -0.4 is 14.8 Å². The largest absolute Gasteiger partial charge is 0.493 e. The molecule has 2 aromatic heterocycles. The summed E-state index contributed by atoms with van der Waals surface area (Å²) in [5.41, 5.74) is 1.85. The Balaban J connectivity index is 1.48. The van der Waals surface area contributed by atoms with E-state index < -0.39 is 0 Å². The number of rotatable bonds is 9. The summed E-state index contributed by atoms with van der Waals surface area (Å²) in [6.45, 7) is 9.40. The molecule has 1 aliphatic heterocycles. The molecule has 0 unspecified atom stereocenters. The predicted octanol–water partition coefficient (Wildman–Crippen LogP) is 3.81. The quantitative estimate of drug-likeness (QED) is 0.500. The van der Waals surface area contributed by atoms with Crippen molar-refractivity contribution in [2.24, 2.45) is 0 Å². The third kappa shape index (κ3) is 5.23. The van der Waals surface area contributed by atoms with Crippen LogP contribution in [0.3, 0.4) is 0 Å². The second-order valence-electron chi connectivity index (χ2n) is 7.40. The maximum Gasteiger partial charge on any atom is 0.188 e. The average molecular weight is 444 g/mol. The van der Waals surface area contributed by atoms with Crippen molar-refractivity contribution in [3.05, 3.63) is 29.0 Å². The summed E-state index contributed by atoms with van der Waals surface area (Å²) in [7, 11) is 1.65. The summed E-state index contributed by atoms with van der Waals surface area (Å²) < 4.78 is 17.0. The van der Waals surface area contributed by atoms with Gasteiger partial charge in [0.1, 0.15) is 12.1 Å². The molecule has 0 radical (unpaired) electrons. The highest BCUT2D eigenvalue weighted by atomic mass is 32.1. The Labute approximate surface area is 186 Å². The summed E-state index contributed by atoms with van der Waals surface area (Å²) in [6, 6.07) is 3.84. The van der Waals surface area contributed by atoms with Crippen LogP contribution in [0.5, 0.6) is 11.5 Å². The molecular weight excluding hydrogens is 414 g/mol. The lowest BCUT2D eigenvalue weighted by Gasteiger charge is -2.26. The van der Waals surface area contributed by atoms with Gasteiger partial charge in [-0.2, -0.15) is 0 Å². The van der Waals surface area contributed by atoms with Crippen LogP contribution >= 0.6 is 11.3 Å². The molecule has 0 atom stereocenters. The lowest BCUT2D eigenvalue weighted by atomic mass is 10.2. The van der Waals surface area contributed by atoms with Crippen molar-refractivity contribution in [3.8, 4) is 11.5 Å². The number of morpholine rings is 1. The van der Waals surface area contributed by atoms with Crippen molar-refractivity contribution in [3.63, 3.8) is 0 Å². The molecule has 9 heteroatoms. The lowest BCUT2D eigenvalue weighted by molar-refractivity contribution is 0.0357. The second-order valence-corrected chi connectivity index (χ2v) is 8.49. The second kappa shape index (κ2) is 10.2. The minimum absolute atomic E-state index is 0.619. The molecule has 3 heterocycles. The molecule has 1 aromatic carbocycles. The van der Waals surface area contributed by atoms with Gasteiger partial charge < -0.3 is 19.5 Å². The highest BCUT2D eigenvalue weighted by molar-refractivity contribution is 7.15. The van der Waals surface area contributed by atoms with Gasteiger partial charge in [-0.15, -0.1) is 11.3 Å². The van der Waals surface area contributed by atoms with E-state index in [2.05, 4.69) is 32.1 Å². The maximum absolute atomic E-state index is 6.04. The number of thiazole rings is 1. The van der Waals surface area contributed by atoms with E-state index in [1.54, 1.807) is 24.8 Å². The highest BCUT2D eigenvalue weighted by Gasteiger charge is 2.14. The van der Waals surface area contributed by atoms with Gasteiger partial charge in [0.25, 0.3) is 0 Å². The Morgan fingerprint density at radius 3 is 2.77 bits per heavy atom. The number of aromatic nitrogens is 3. The van der Waals surface area contributed by atoms with Gasteiger partial charge in [-0.1, -0.05) is 6.92 Å². The van der Waals surface area contributed by atoms with Crippen LogP contribution in [0.4, 0.5) is 10.9 Å². The molecule has 1 fully saturated rings. The zero-order valence-electron chi connectivity index (χ0n) is 18.3. The van der Waals surface area contributed by atoms with Gasteiger partial charge in [0.2, 0.25) is 0 Å². The molecule has 0 amide bonds. The first-order valence-electron chi connectivity index (χ1n) is 10.7. The molecule has 0 aliphatic carbocycles. The van der Waals surface area contributed by atoms with Gasteiger partial charge in [-0.3, -0.25) is 4.90 Å². The summed E-state index contributed by atoms with van der Waals surface area (Å²) >= 11 is 1.65. The third-order valence-electron chi connectivity index (χ3n) is 5.34. The number of ether oxygens (including phenoxy) is 3. The number of aryl methyl sites for hydroxylation is 2. The van der Waals surface area contributed by atoms with Gasteiger partial charge in [0.15, 0.2) is 16.6 Å². The molecule has 0 saturated carbocycles. The molecular formula is C22H29N5O3S. The molecule has 0 bridgehead atoms. The van der Waals surface area contributed by atoms with E-state index in [0.29, 0.717) is 23.9 Å². The standard InChI is InChI=1S/C22H29N5O3S/c1-4-20-15(2)25-22(31-20)26-21-16-12-18(28-3)19(13-17(16)23-14-24-21)30-9-5-6-27-7-10-29-11-8-27/h12-14H,4-11H2,1-3H3,(H,23,24,25,26). The van der Waals surface area contributed by atoms with Crippen molar-refractivity contribution in [1.29, 1.82) is 0 Å². The molecule has 8 nitrogen and oxygen atoms in total. The number of nitrogens with one attached hydrogen (secondary N) is 1. The van der Waals surface area contributed by atoms with Gasteiger partial charge in [0.05, 0.1) is 38.1 Å². The Hall–Kier alpha value is -2.49. The number of fused-ring (bicyclic) bond motifs is 1. The van der Waals surface area contributed by atoms with E-state index in [1.807, 2.05) is 19.1 Å². The van der Waals surface area contributed by atoms with E-state index in [-0.39, 0.29) is 0 Å². The minimum atomic E-state index is 0.619. The number of nitrogens with zero attached hydrogens (tertiary/aromatic N) is 4. The van der Waals surface area contributed by atoms with Crippen molar-refractivity contribution < 1.29 is 14.2 Å². The Kier molecular flexibility index (Phi) is 7.16. The fourth-order valence-corrected chi connectivity index (χ4v) is 4.54. The third-order valence-corrected chi connectivity index (χ3v) is 6.56. The Bertz CT molecular complexity index is 1020. The maximum atomic E-state index is 6.04. The predicted molar refractivity (Wildman–Crippen MR) is 123 cm³/mol. The monoisotopic (exact) mass is 443 g/mol. The van der Waals surface area contributed by atoms with Crippen LogP contribution in [0.25, 0.3) is 10.9 Å². The number of hydrogen-bond donors (Lipinski definition) is 1. The molecule has 1 N–H and O–H groups in total. The average Bonchev–Trinajstić information content (AvgIpc) is 3.16. The molecule has 3 aromatic rings. The molecule has 1 aliphatic rings. The molecule has 31 heavy (non-hydrogen) atoms. The Morgan fingerprint density at radius 1 is 1.19 bits per heavy atom. The van der Waals surface area contributed by atoms with Gasteiger partial charge >= 0.3 is 0 Å². The fourth-order valence-electron chi connectivity index (χ4n) is 3.64. The van der Waals surface area contributed by atoms with Crippen LogP contribution in [-0.4, -0.2) is 66.4 Å². The van der Waals surface area contributed by atoms with Crippen molar-refractivity contribution in [2.75, 3.05) is 51.9 Å². The number of anilines is 2. The fraction of sp³-hybridized carbons (Fsp3) is 0.500. The highest BCUT2D eigenvalue weighted by Crippen LogP contribution is 2.35. The normalized spacial score (nSPS) is 14.7. The first-order chi connectivity index (χ1) is 15.2. The Morgan fingerprint density at radius 2 is 2.03 bits per heavy atom. The van der Waals surface area contributed by atoms with Crippen LogP contribution in [0.15, 0.2) is 18.5 Å². The van der Waals surface area contributed by atoms with Crippen LogP contribution in [-0.2, 0) is 11.2 Å². The minimum Gasteiger partial charge on any atom is -0.493 e. The van der Waals surface area contributed by atoms with Crippen molar-refractivity contribution >= 4 is 33.2 Å². The summed E-state index contributed by atoms with van der Waals surface area (Å²) in [5.74, 6) is 2.07. The van der Waals surface area contributed by atoms with E-state index in [1.165, 1.54) is 4.88 Å². The lowest BCUT2D eigenvalue weighted by Crippen LogP contribution is -2.37. The van der Waals surface area contributed by atoms with Crippen LogP contribution in [0, 0.1) is 6.92 Å². The zero-order valence-corrected chi connectivity index (χ0v) is 19.1. The van der Waals surface area contributed by atoms with Gasteiger partial charge in [-0.25, -0.2) is 15.0 Å². The van der Waals surface area contributed by atoms with Crippen molar-refractivity contribution in [2.45, 2.75) is 26.7 Å². The molecule has 1 saturated heterocycles. The van der Waals surface area contributed by atoms with Gasteiger partial charge in [0, 0.05) is 36.0 Å². The molecule has 4 rings (SSSR count). The molecule has 166 valence electrons. The summed E-state index contributed by atoms with van der Waals surface area (Å²) in [4.78, 5) is 17.1.